The number of benzene rings is 2. The van der Waals surface area contributed by atoms with Crippen LogP contribution in [0.1, 0.15) is 11.3 Å². The van der Waals surface area contributed by atoms with E-state index in [9.17, 15) is 14.9 Å². The van der Waals surface area contributed by atoms with Crippen LogP contribution in [0.4, 0.5) is 11.4 Å². The molecule has 30 heavy (non-hydrogen) atoms. The van der Waals surface area contributed by atoms with E-state index in [1.54, 1.807) is 48.5 Å². The van der Waals surface area contributed by atoms with E-state index in [1.165, 1.54) is 22.7 Å². The number of halogens is 1. The van der Waals surface area contributed by atoms with Crippen LogP contribution in [-0.4, -0.2) is 19.7 Å². The van der Waals surface area contributed by atoms with Crippen molar-refractivity contribution in [2.45, 2.75) is 6.54 Å². The van der Waals surface area contributed by atoms with Crippen molar-refractivity contribution in [3.8, 4) is 0 Å². The standard InChI is InChI=1S/C21H14ClN3O3S2/c22-15-7-9-16(10-8-15)24-20(26)19(30-21(24)29)12-17-5-3-11-23(17)13-14-4-1-2-6-18(14)25(27)28/h1-12H,13H2/b19-12+. The number of nitrogens with zero attached hydrogens (tertiary/aromatic N) is 3. The highest BCUT2D eigenvalue weighted by molar-refractivity contribution is 8.27. The number of thiocarbonyl (C=S) groups is 1. The summed E-state index contributed by atoms with van der Waals surface area (Å²) in [6.07, 6.45) is 3.58. The van der Waals surface area contributed by atoms with E-state index in [0.717, 1.165) is 5.69 Å². The molecule has 1 aromatic heterocycles. The van der Waals surface area contributed by atoms with Gasteiger partial charge in [-0.1, -0.05) is 53.8 Å². The van der Waals surface area contributed by atoms with Crippen LogP contribution < -0.4 is 4.90 Å². The van der Waals surface area contributed by atoms with Crippen LogP contribution in [0, 0.1) is 10.1 Å². The molecule has 0 radical (unpaired) electrons. The Kier molecular flexibility index (Phi) is 5.72. The molecule has 1 aliphatic rings. The van der Waals surface area contributed by atoms with E-state index < -0.39 is 4.92 Å². The highest BCUT2D eigenvalue weighted by Gasteiger charge is 2.33. The van der Waals surface area contributed by atoms with Gasteiger partial charge in [0.2, 0.25) is 0 Å². The summed E-state index contributed by atoms with van der Waals surface area (Å²) in [6, 6.07) is 17.2. The second-order valence-corrected chi connectivity index (χ2v) is 8.55. The number of carbonyl (C=O) groups excluding carboxylic acids is 1. The summed E-state index contributed by atoms with van der Waals surface area (Å²) < 4.78 is 2.29. The van der Waals surface area contributed by atoms with Crippen LogP contribution in [0.25, 0.3) is 6.08 Å². The summed E-state index contributed by atoms with van der Waals surface area (Å²) in [5, 5.41) is 11.9. The maximum Gasteiger partial charge on any atom is 0.274 e. The zero-order valence-electron chi connectivity index (χ0n) is 15.4. The van der Waals surface area contributed by atoms with E-state index in [0.29, 0.717) is 32.0 Å². The van der Waals surface area contributed by atoms with E-state index >= 15 is 0 Å². The predicted octanol–water partition coefficient (Wildman–Crippen LogP) is 5.50. The molecule has 0 atom stereocenters. The number of carbonyl (C=O) groups is 1. The largest absolute Gasteiger partial charge is 0.343 e. The van der Waals surface area contributed by atoms with Crippen LogP contribution >= 0.6 is 35.6 Å². The fourth-order valence-corrected chi connectivity index (χ4v) is 4.53. The molecule has 1 aliphatic heterocycles. The summed E-state index contributed by atoms with van der Waals surface area (Å²) in [7, 11) is 0. The van der Waals surface area contributed by atoms with Gasteiger partial charge in [-0.05, 0) is 42.5 Å². The number of thioether (sulfide) groups is 1. The van der Waals surface area contributed by atoms with E-state index in [1.807, 2.05) is 22.9 Å². The normalized spacial score (nSPS) is 15.2. The summed E-state index contributed by atoms with van der Waals surface area (Å²) in [4.78, 5) is 25.8. The van der Waals surface area contributed by atoms with Crippen molar-refractivity contribution in [3.05, 3.63) is 98.2 Å². The van der Waals surface area contributed by atoms with E-state index in [-0.39, 0.29) is 11.6 Å². The number of rotatable bonds is 5. The first-order valence-electron chi connectivity index (χ1n) is 8.85. The van der Waals surface area contributed by atoms with Gasteiger partial charge in [0, 0.05) is 28.5 Å². The number of anilines is 1. The van der Waals surface area contributed by atoms with Crippen LogP contribution in [0.15, 0.2) is 71.8 Å². The van der Waals surface area contributed by atoms with Gasteiger partial charge in [0.15, 0.2) is 4.32 Å². The highest BCUT2D eigenvalue weighted by Crippen LogP contribution is 2.36. The number of hydrogen-bond donors (Lipinski definition) is 0. The first kappa shape index (κ1) is 20.3. The minimum absolute atomic E-state index is 0.0613. The van der Waals surface area contributed by atoms with Crippen LogP contribution in [0.5, 0.6) is 0 Å². The maximum absolute atomic E-state index is 13.0. The molecule has 150 valence electrons. The lowest BCUT2D eigenvalue weighted by molar-refractivity contribution is -0.385. The first-order valence-corrected chi connectivity index (χ1v) is 10.5. The van der Waals surface area contributed by atoms with Crippen molar-refractivity contribution in [1.82, 2.24) is 4.57 Å². The number of nitro groups is 1. The third-order valence-corrected chi connectivity index (χ3v) is 6.11. The molecule has 6 nitrogen and oxygen atoms in total. The molecule has 4 rings (SSSR count). The summed E-state index contributed by atoms with van der Waals surface area (Å²) >= 11 is 12.5. The van der Waals surface area contributed by atoms with Gasteiger partial charge in [-0.15, -0.1) is 0 Å². The Morgan fingerprint density at radius 3 is 2.57 bits per heavy atom. The molecule has 1 saturated heterocycles. The Bertz CT molecular complexity index is 1190. The third kappa shape index (κ3) is 4.02. The SMILES string of the molecule is O=C1/C(=C\c2cccn2Cc2ccccc2[N+](=O)[O-])SC(=S)N1c1ccc(Cl)cc1. The van der Waals surface area contributed by atoms with Crippen molar-refractivity contribution < 1.29 is 9.72 Å². The Balaban J connectivity index is 1.62. The van der Waals surface area contributed by atoms with Crippen molar-refractivity contribution >= 4 is 63.3 Å². The maximum atomic E-state index is 13.0. The van der Waals surface area contributed by atoms with Gasteiger partial charge in [-0.3, -0.25) is 19.8 Å². The van der Waals surface area contributed by atoms with Crippen molar-refractivity contribution in [2.75, 3.05) is 4.90 Å². The molecule has 0 aliphatic carbocycles. The number of nitro benzene ring substituents is 1. The van der Waals surface area contributed by atoms with Gasteiger partial charge in [-0.2, -0.15) is 0 Å². The monoisotopic (exact) mass is 455 g/mol. The molecule has 0 spiro atoms. The van der Waals surface area contributed by atoms with Crippen LogP contribution in [0.2, 0.25) is 5.02 Å². The molecule has 0 N–H and O–H groups in total. The van der Waals surface area contributed by atoms with E-state index in [2.05, 4.69) is 0 Å². The van der Waals surface area contributed by atoms with Gasteiger partial charge < -0.3 is 4.57 Å². The van der Waals surface area contributed by atoms with Crippen molar-refractivity contribution in [1.29, 1.82) is 0 Å². The molecule has 0 saturated carbocycles. The van der Waals surface area contributed by atoms with Crippen molar-refractivity contribution in [3.63, 3.8) is 0 Å². The number of aromatic nitrogens is 1. The Morgan fingerprint density at radius 1 is 1.10 bits per heavy atom. The number of para-hydroxylation sites is 1. The summed E-state index contributed by atoms with van der Waals surface area (Å²) in [6.45, 7) is 0.313. The fourth-order valence-electron chi connectivity index (χ4n) is 3.12. The second kappa shape index (κ2) is 8.43. The highest BCUT2D eigenvalue weighted by atomic mass is 35.5. The lowest BCUT2D eigenvalue weighted by Crippen LogP contribution is -2.27. The minimum Gasteiger partial charge on any atom is -0.343 e. The molecule has 9 heteroatoms. The molecule has 2 aromatic carbocycles. The molecule has 0 unspecified atom stereocenters. The predicted molar refractivity (Wildman–Crippen MR) is 124 cm³/mol. The van der Waals surface area contributed by atoms with Gasteiger partial charge in [-0.25, -0.2) is 0 Å². The summed E-state index contributed by atoms with van der Waals surface area (Å²) in [5.74, 6) is -0.217. The Labute approximate surface area is 186 Å². The molecule has 2 heterocycles. The van der Waals surface area contributed by atoms with Crippen LogP contribution in [0.3, 0.4) is 0 Å². The second-order valence-electron chi connectivity index (χ2n) is 6.44. The number of amides is 1. The quantitative estimate of drug-likeness (QED) is 0.220. The molecule has 3 aromatic rings. The van der Waals surface area contributed by atoms with E-state index in [4.69, 9.17) is 23.8 Å². The number of hydrogen-bond acceptors (Lipinski definition) is 5. The van der Waals surface area contributed by atoms with Crippen molar-refractivity contribution in [2.24, 2.45) is 0 Å². The Hall–Kier alpha value is -2.94. The molecule has 1 fully saturated rings. The zero-order chi connectivity index (χ0) is 21.3. The van der Waals surface area contributed by atoms with Gasteiger partial charge in [0.1, 0.15) is 0 Å². The third-order valence-electron chi connectivity index (χ3n) is 4.55. The molecular weight excluding hydrogens is 442 g/mol. The van der Waals surface area contributed by atoms with Crippen LogP contribution in [-0.2, 0) is 11.3 Å². The summed E-state index contributed by atoms with van der Waals surface area (Å²) in [5.41, 5.74) is 2.05. The van der Waals surface area contributed by atoms with Gasteiger partial charge >= 0.3 is 0 Å². The Morgan fingerprint density at radius 2 is 1.83 bits per heavy atom. The molecular formula is C21H14ClN3O3S2. The van der Waals surface area contributed by atoms with Gasteiger partial charge in [0.25, 0.3) is 11.6 Å². The lowest BCUT2D eigenvalue weighted by Gasteiger charge is -2.14. The average molecular weight is 456 g/mol. The average Bonchev–Trinajstić information content (AvgIpc) is 3.27. The topological polar surface area (TPSA) is 68.4 Å². The lowest BCUT2D eigenvalue weighted by atomic mass is 10.2. The molecule has 0 bridgehead atoms. The zero-order valence-corrected chi connectivity index (χ0v) is 17.8. The first-order chi connectivity index (χ1) is 14.4. The smallest absolute Gasteiger partial charge is 0.274 e. The molecule has 1 amide bonds. The van der Waals surface area contributed by atoms with Gasteiger partial charge in [0.05, 0.1) is 22.1 Å². The minimum atomic E-state index is -0.393. The fraction of sp³-hybridized carbons (Fsp3) is 0.0476.